The summed E-state index contributed by atoms with van der Waals surface area (Å²) < 4.78 is 2.27. The fraction of sp³-hybridized carbons (Fsp3) is 0.500. The average Bonchev–Trinajstić information content (AvgIpc) is 2.92. The summed E-state index contributed by atoms with van der Waals surface area (Å²) in [5.74, 6) is 2.16. The van der Waals surface area contributed by atoms with Gasteiger partial charge in [-0.15, -0.1) is 11.6 Å². The molecule has 0 amide bonds. The van der Waals surface area contributed by atoms with E-state index in [0.717, 1.165) is 27.8 Å². The Labute approximate surface area is 117 Å². The Morgan fingerprint density at radius 1 is 1.39 bits per heavy atom. The van der Waals surface area contributed by atoms with Crippen LogP contribution in [0.4, 0.5) is 0 Å². The van der Waals surface area contributed by atoms with Crippen molar-refractivity contribution < 1.29 is 0 Å². The van der Waals surface area contributed by atoms with Crippen molar-refractivity contribution in [3.05, 3.63) is 29.0 Å². The van der Waals surface area contributed by atoms with E-state index in [1.807, 2.05) is 18.2 Å². The number of alkyl halides is 1. The quantitative estimate of drug-likeness (QED) is 0.724. The molecule has 4 heteroatoms. The third-order valence-electron chi connectivity index (χ3n) is 3.89. The van der Waals surface area contributed by atoms with Gasteiger partial charge in [0.25, 0.3) is 0 Å². The molecule has 2 nitrogen and oxygen atoms in total. The number of rotatable bonds is 2. The Kier molecular flexibility index (Phi) is 3.25. The lowest BCUT2D eigenvalue weighted by Crippen LogP contribution is -2.09. The Morgan fingerprint density at radius 2 is 2.22 bits per heavy atom. The van der Waals surface area contributed by atoms with Crippen LogP contribution in [0.2, 0.25) is 5.02 Å². The van der Waals surface area contributed by atoms with E-state index in [1.54, 1.807) is 0 Å². The van der Waals surface area contributed by atoms with E-state index in [2.05, 4.69) is 16.5 Å². The number of imidazole rings is 1. The largest absolute Gasteiger partial charge is 0.323 e. The molecule has 0 saturated heterocycles. The first-order valence-electron chi connectivity index (χ1n) is 6.42. The summed E-state index contributed by atoms with van der Waals surface area (Å²) in [6.07, 6.45) is 3.67. The predicted molar refractivity (Wildman–Crippen MR) is 76.4 cm³/mol. The number of aromatic nitrogens is 2. The van der Waals surface area contributed by atoms with Crippen molar-refractivity contribution >= 4 is 34.2 Å². The first-order valence-corrected chi connectivity index (χ1v) is 7.33. The van der Waals surface area contributed by atoms with Gasteiger partial charge < -0.3 is 4.57 Å². The van der Waals surface area contributed by atoms with Gasteiger partial charge in [0.2, 0.25) is 0 Å². The van der Waals surface area contributed by atoms with Gasteiger partial charge >= 0.3 is 0 Å². The zero-order valence-electron chi connectivity index (χ0n) is 10.4. The number of halogens is 2. The first kappa shape index (κ1) is 12.3. The maximum absolute atomic E-state index is 6.34. The third-order valence-corrected chi connectivity index (χ3v) is 4.43. The minimum absolute atomic E-state index is 0.440. The van der Waals surface area contributed by atoms with Gasteiger partial charge in [-0.3, -0.25) is 0 Å². The molecule has 18 heavy (non-hydrogen) atoms. The maximum Gasteiger partial charge on any atom is 0.125 e. The molecular formula is C14H16Cl2N2. The highest BCUT2D eigenvalue weighted by Gasteiger charge is 2.26. The fourth-order valence-corrected chi connectivity index (χ4v) is 3.50. The molecule has 0 bridgehead atoms. The molecule has 1 aromatic carbocycles. The minimum atomic E-state index is 0.440. The van der Waals surface area contributed by atoms with Gasteiger partial charge in [-0.1, -0.05) is 24.6 Å². The molecule has 1 aliphatic rings. The molecule has 0 aliphatic heterocycles. The van der Waals surface area contributed by atoms with Gasteiger partial charge in [-0.2, -0.15) is 0 Å². The van der Waals surface area contributed by atoms with Gasteiger partial charge in [0, 0.05) is 6.04 Å². The van der Waals surface area contributed by atoms with Crippen LogP contribution in [0.25, 0.3) is 11.0 Å². The van der Waals surface area contributed by atoms with Gasteiger partial charge in [0.05, 0.1) is 21.9 Å². The highest BCUT2D eigenvalue weighted by Crippen LogP contribution is 2.38. The highest BCUT2D eigenvalue weighted by molar-refractivity contribution is 6.35. The van der Waals surface area contributed by atoms with Gasteiger partial charge in [0.1, 0.15) is 5.82 Å². The lowest BCUT2D eigenvalue weighted by atomic mass is 10.1. The molecule has 1 aromatic heterocycles. The van der Waals surface area contributed by atoms with Gasteiger partial charge in [-0.25, -0.2) is 4.98 Å². The smallest absolute Gasteiger partial charge is 0.125 e. The summed E-state index contributed by atoms with van der Waals surface area (Å²) >= 11 is 12.4. The van der Waals surface area contributed by atoms with Crippen LogP contribution in [0.3, 0.4) is 0 Å². The molecule has 1 saturated carbocycles. The number of nitrogens with zero attached hydrogens (tertiary/aromatic N) is 2. The van der Waals surface area contributed by atoms with Gasteiger partial charge in [-0.05, 0) is 37.3 Å². The molecule has 2 unspecified atom stereocenters. The first-order chi connectivity index (χ1) is 8.70. The second kappa shape index (κ2) is 4.75. The standard InChI is InChI=1S/C14H16Cl2N2/c1-9-5-6-10(7-9)18-13(8-15)17-12-4-2-3-11(16)14(12)18/h2-4,9-10H,5-8H2,1H3. The van der Waals surface area contributed by atoms with Crippen LogP contribution in [0.15, 0.2) is 18.2 Å². The van der Waals surface area contributed by atoms with Crippen LogP contribution in [0.1, 0.15) is 38.1 Å². The van der Waals surface area contributed by atoms with E-state index >= 15 is 0 Å². The van der Waals surface area contributed by atoms with Crippen LogP contribution in [0, 0.1) is 5.92 Å². The molecule has 1 fully saturated rings. The normalized spacial score (nSPS) is 23.9. The summed E-state index contributed by atoms with van der Waals surface area (Å²) in [5.41, 5.74) is 2.01. The molecule has 0 N–H and O–H groups in total. The maximum atomic E-state index is 6.34. The van der Waals surface area contributed by atoms with Crippen molar-refractivity contribution in [1.82, 2.24) is 9.55 Å². The fourth-order valence-electron chi connectivity index (χ4n) is 3.05. The molecule has 1 heterocycles. The summed E-state index contributed by atoms with van der Waals surface area (Å²) in [7, 11) is 0. The Hall–Kier alpha value is -0.730. The molecule has 2 aromatic rings. The molecule has 0 radical (unpaired) electrons. The number of fused-ring (bicyclic) bond motifs is 1. The molecule has 96 valence electrons. The van der Waals surface area contributed by atoms with Crippen LogP contribution < -0.4 is 0 Å². The summed E-state index contributed by atoms with van der Waals surface area (Å²) in [6.45, 7) is 2.31. The number of hydrogen-bond acceptors (Lipinski definition) is 1. The van der Waals surface area contributed by atoms with Crippen LogP contribution >= 0.6 is 23.2 Å². The lowest BCUT2D eigenvalue weighted by Gasteiger charge is -2.16. The molecule has 3 rings (SSSR count). The molecule has 1 aliphatic carbocycles. The summed E-state index contributed by atoms with van der Waals surface area (Å²) in [6, 6.07) is 6.38. The van der Waals surface area contributed by atoms with E-state index in [4.69, 9.17) is 23.2 Å². The average molecular weight is 283 g/mol. The van der Waals surface area contributed by atoms with Crippen LogP contribution in [-0.2, 0) is 5.88 Å². The predicted octanol–water partition coefficient (Wildman–Crippen LogP) is 4.79. The highest BCUT2D eigenvalue weighted by atomic mass is 35.5. The number of para-hydroxylation sites is 1. The van der Waals surface area contributed by atoms with Gasteiger partial charge in [0.15, 0.2) is 0 Å². The molecular weight excluding hydrogens is 267 g/mol. The lowest BCUT2D eigenvalue weighted by molar-refractivity contribution is 0.494. The van der Waals surface area contributed by atoms with E-state index in [0.29, 0.717) is 11.9 Å². The van der Waals surface area contributed by atoms with Crippen LogP contribution in [-0.4, -0.2) is 9.55 Å². The number of hydrogen-bond donors (Lipinski definition) is 0. The topological polar surface area (TPSA) is 17.8 Å². The van der Waals surface area contributed by atoms with Crippen molar-refractivity contribution in [2.75, 3.05) is 0 Å². The van der Waals surface area contributed by atoms with E-state index < -0.39 is 0 Å². The number of benzene rings is 1. The molecule has 2 atom stereocenters. The summed E-state index contributed by atoms with van der Waals surface area (Å²) in [4.78, 5) is 4.61. The minimum Gasteiger partial charge on any atom is -0.323 e. The monoisotopic (exact) mass is 282 g/mol. The van der Waals surface area contributed by atoms with E-state index in [9.17, 15) is 0 Å². The van der Waals surface area contributed by atoms with Crippen molar-refractivity contribution in [3.63, 3.8) is 0 Å². The Morgan fingerprint density at radius 3 is 2.89 bits per heavy atom. The third kappa shape index (κ3) is 1.92. The second-order valence-electron chi connectivity index (χ2n) is 5.21. The van der Waals surface area contributed by atoms with Crippen molar-refractivity contribution in [2.24, 2.45) is 5.92 Å². The SMILES string of the molecule is CC1CCC(n2c(CCl)nc3cccc(Cl)c32)C1. The van der Waals surface area contributed by atoms with Crippen molar-refractivity contribution in [2.45, 2.75) is 38.1 Å². The van der Waals surface area contributed by atoms with E-state index in [1.165, 1.54) is 19.3 Å². The van der Waals surface area contributed by atoms with E-state index in [-0.39, 0.29) is 0 Å². The van der Waals surface area contributed by atoms with Crippen LogP contribution in [0.5, 0.6) is 0 Å². The zero-order chi connectivity index (χ0) is 12.7. The van der Waals surface area contributed by atoms with Crippen molar-refractivity contribution in [3.8, 4) is 0 Å². The zero-order valence-corrected chi connectivity index (χ0v) is 11.9. The Balaban J connectivity index is 2.19. The molecule has 0 spiro atoms. The van der Waals surface area contributed by atoms with Crippen molar-refractivity contribution in [1.29, 1.82) is 0 Å². The Bertz CT molecular complexity index is 576. The second-order valence-corrected chi connectivity index (χ2v) is 5.89. The summed E-state index contributed by atoms with van der Waals surface area (Å²) in [5, 5.41) is 0.774.